The quantitative estimate of drug-likeness (QED) is 0.641. The number of carbonyl (C=O) groups is 2. The molecule has 1 amide bonds. The minimum Gasteiger partial charge on any atom is -0.356 e. The van der Waals surface area contributed by atoms with Crippen LogP contribution < -0.4 is 5.32 Å². The van der Waals surface area contributed by atoms with Gasteiger partial charge in [0, 0.05) is 26.7 Å². The number of ketones is 1. The van der Waals surface area contributed by atoms with Crippen molar-refractivity contribution in [3.05, 3.63) is 0 Å². The summed E-state index contributed by atoms with van der Waals surface area (Å²) in [5, 5.41) is 2.79. The smallest absolute Gasteiger partial charge is 0.219 e. The summed E-state index contributed by atoms with van der Waals surface area (Å²) in [4.78, 5) is 22.2. The minimum atomic E-state index is 0. The summed E-state index contributed by atoms with van der Waals surface area (Å²) in [6.07, 6.45) is 2.78. The van der Waals surface area contributed by atoms with Gasteiger partial charge in [-0.15, -0.1) is 0 Å². The topological polar surface area (TPSA) is 46.2 Å². The summed E-state index contributed by atoms with van der Waals surface area (Å²) >= 11 is 0. The molecule has 0 aromatic heterocycles. The number of hydrogen-bond acceptors (Lipinski definition) is 2. The molecule has 3 heteroatoms. The van der Waals surface area contributed by atoms with Gasteiger partial charge in [-0.2, -0.15) is 0 Å². The Labute approximate surface area is 87.7 Å². The molecule has 0 aliphatic heterocycles. The molecule has 0 bridgehead atoms. The van der Waals surface area contributed by atoms with Crippen molar-refractivity contribution in [2.45, 2.75) is 46.5 Å². The highest BCUT2D eigenvalue weighted by Gasteiger charge is 2.06. The predicted octanol–water partition coefficient (Wildman–Crippen LogP) is 2.15. The zero-order valence-electron chi connectivity index (χ0n) is 9.43. The molecule has 0 radical (unpaired) electrons. The predicted molar refractivity (Wildman–Crippen MR) is 59.1 cm³/mol. The van der Waals surface area contributed by atoms with Crippen LogP contribution in [0.5, 0.6) is 0 Å². The lowest BCUT2D eigenvalue weighted by atomic mass is 10.0. The Morgan fingerprint density at radius 2 is 1.93 bits per heavy atom. The van der Waals surface area contributed by atoms with Crippen LogP contribution in [0.15, 0.2) is 0 Å². The molecule has 0 aliphatic carbocycles. The number of Topliss-reactive ketones (excluding diaryl/α,β-unsaturated/α-hetero) is 1. The molecule has 0 aliphatic rings. The molecule has 0 saturated heterocycles. The van der Waals surface area contributed by atoms with Crippen molar-refractivity contribution in [1.82, 2.24) is 5.32 Å². The van der Waals surface area contributed by atoms with Crippen LogP contribution in [-0.2, 0) is 9.59 Å². The summed E-state index contributed by atoms with van der Waals surface area (Å²) in [6, 6.07) is 0. The first-order valence-corrected chi connectivity index (χ1v) is 5.37. The maximum Gasteiger partial charge on any atom is 0.219 e. The van der Waals surface area contributed by atoms with E-state index in [9.17, 15) is 9.59 Å². The van der Waals surface area contributed by atoms with Gasteiger partial charge < -0.3 is 5.32 Å². The van der Waals surface area contributed by atoms with Gasteiger partial charge >= 0.3 is 0 Å². The first kappa shape index (κ1) is 13.1. The highest BCUT2D eigenvalue weighted by Crippen LogP contribution is 2.00. The Bertz CT molecular complexity index is 193. The highest BCUT2D eigenvalue weighted by molar-refractivity contribution is 5.80. The van der Waals surface area contributed by atoms with Crippen molar-refractivity contribution in [3.8, 4) is 0 Å². The van der Waals surface area contributed by atoms with E-state index in [1.165, 1.54) is 0 Å². The van der Waals surface area contributed by atoms with Gasteiger partial charge in [0.15, 0.2) is 0 Å². The second-order valence-electron chi connectivity index (χ2n) is 3.82. The third-order valence-electron chi connectivity index (χ3n) is 2.04. The molecule has 0 heterocycles. The zero-order valence-corrected chi connectivity index (χ0v) is 9.43. The van der Waals surface area contributed by atoms with Crippen LogP contribution in [0.1, 0.15) is 47.9 Å². The zero-order chi connectivity index (χ0) is 11.0. The molecule has 0 aromatic carbocycles. The van der Waals surface area contributed by atoms with Crippen LogP contribution in [0.3, 0.4) is 0 Å². The number of hydrogen-bond donors (Lipinski definition) is 1. The summed E-state index contributed by atoms with van der Waals surface area (Å²) in [7, 11) is 0. The minimum absolute atomic E-state index is 0. The molecule has 0 saturated carbocycles. The van der Waals surface area contributed by atoms with Gasteiger partial charge in [-0.05, 0) is 12.8 Å². The first-order chi connectivity index (χ1) is 6.57. The lowest BCUT2D eigenvalue weighted by molar-refractivity contribution is -0.123. The van der Waals surface area contributed by atoms with Gasteiger partial charge in [-0.3, -0.25) is 9.59 Å². The van der Waals surface area contributed by atoms with Crippen molar-refractivity contribution in [1.29, 1.82) is 0 Å². The molecule has 0 spiro atoms. The van der Waals surface area contributed by atoms with Crippen LogP contribution in [0.25, 0.3) is 0 Å². The Hall–Kier alpha value is -0.860. The van der Waals surface area contributed by atoms with Crippen molar-refractivity contribution >= 4 is 11.7 Å². The van der Waals surface area contributed by atoms with Gasteiger partial charge in [0.05, 0.1) is 0 Å². The Balaban J connectivity index is 0. The van der Waals surface area contributed by atoms with E-state index in [0.29, 0.717) is 19.4 Å². The van der Waals surface area contributed by atoms with Gasteiger partial charge in [0.25, 0.3) is 0 Å². The van der Waals surface area contributed by atoms with Gasteiger partial charge in [0.2, 0.25) is 5.91 Å². The van der Waals surface area contributed by atoms with Gasteiger partial charge in [-0.25, -0.2) is 0 Å². The molecule has 3 nitrogen and oxygen atoms in total. The molecule has 0 aromatic rings. The van der Waals surface area contributed by atoms with Crippen LogP contribution in [0.2, 0.25) is 0 Å². The lowest BCUT2D eigenvalue weighted by Gasteiger charge is -2.05. The van der Waals surface area contributed by atoms with Crippen LogP contribution >= 0.6 is 0 Å². The third-order valence-corrected chi connectivity index (χ3v) is 2.04. The normalized spacial score (nSPS) is 10.3. The van der Waals surface area contributed by atoms with E-state index in [4.69, 9.17) is 0 Å². The van der Waals surface area contributed by atoms with Crippen LogP contribution in [0.4, 0.5) is 0 Å². The number of carbonyl (C=O) groups excluding carboxylic acids is 2. The van der Waals surface area contributed by atoms with Gasteiger partial charge in [0.1, 0.15) is 5.78 Å². The number of rotatable bonds is 7. The largest absolute Gasteiger partial charge is 0.356 e. The molecule has 1 N–H and O–H groups in total. The maximum absolute atomic E-state index is 11.2. The van der Waals surface area contributed by atoms with E-state index in [-0.39, 0.29) is 19.0 Å². The molecular formula is C11H23NO2. The van der Waals surface area contributed by atoms with Crippen molar-refractivity contribution in [2.75, 3.05) is 6.54 Å². The Morgan fingerprint density at radius 1 is 1.29 bits per heavy atom. The van der Waals surface area contributed by atoms with E-state index in [1.54, 1.807) is 0 Å². The van der Waals surface area contributed by atoms with E-state index in [2.05, 4.69) is 5.32 Å². The first-order valence-electron chi connectivity index (χ1n) is 5.37. The Kier molecular flexibility index (Phi) is 7.07. The molecule has 0 rings (SSSR count). The van der Waals surface area contributed by atoms with E-state index < -0.39 is 0 Å². The van der Waals surface area contributed by atoms with Crippen LogP contribution in [0, 0.1) is 5.92 Å². The Morgan fingerprint density at radius 3 is 2.43 bits per heavy atom. The second-order valence-corrected chi connectivity index (χ2v) is 3.82. The van der Waals surface area contributed by atoms with Gasteiger partial charge in [-0.1, -0.05) is 20.8 Å². The van der Waals surface area contributed by atoms with Crippen molar-refractivity contribution in [3.63, 3.8) is 0 Å². The SMILES string of the molecule is CCCC(=O)NCCCC(=O)C(C)C.[HH]. The molecular weight excluding hydrogens is 178 g/mol. The fourth-order valence-electron chi connectivity index (χ4n) is 1.09. The highest BCUT2D eigenvalue weighted by atomic mass is 16.1. The van der Waals surface area contributed by atoms with Crippen molar-refractivity contribution < 1.29 is 11.0 Å². The molecule has 0 unspecified atom stereocenters. The fourth-order valence-corrected chi connectivity index (χ4v) is 1.09. The average molecular weight is 201 g/mol. The lowest BCUT2D eigenvalue weighted by Crippen LogP contribution is -2.24. The monoisotopic (exact) mass is 201 g/mol. The third kappa shape index (κ3) is 6.63. The average Bonchev–Trinajstić information content (AvgIpc) is 2.12. The summed E-state index contributed by atoms with van der Waals surface area (Å²) < 4.78 is 0. The fraction of sp³-hybridized carbons (Fsp3) is 0.818. The van der Waals surface area contributed by atoms with E-state index in [0.717, 1.165) is 12.8 Å². The number of nitrogens with one attached hydrogen (secondary N) is 1. The number of amides is 1. The van der Waals surface area contributed by atoms with E-state index in [1.807, 2.05) is 20.8 Å². The standard InChI is InChI=1S/C11H21NO2.H2/c1-4-6-11(14)12-8-5-7-10(13)9(2)3;/h9H,4-8H2,1-3H3,(H,12,14);1H. The second kappa shape index (κ2) is 7.54. The summed E-state index contributed by atoms with van der Waals surface area (Å²) in [5.74, 6) is 0.473. The molecule has 0 fully saturated rings. The molecule has 14 heavy (non-hydrogen) atoms. The van der Waals surface area contributed by atoms with Crippen LogP contribution in [-0.4, -0.2) is 18.2 Å². The molecule has 0 atom stereocenters. The molecule has 84 valence electrons. The van der Waals surface area contributed by atoms with Crippen molar-refractivity contribution in [2.24, 2.45) is 5.92 Å². The van der Waals surface area contributed by atoms with E-state index >= 15 is 0 Å². The summed E-state index contributed by atoms with van der Waals surface area (Å²) in [6.45, 7) is 6.40. The maximum atomic E-state index is 11.2. The summed E-state index contributed by atoms with van der Waals surface area (Å²) in [5.41, 5.74) is 0.